The number of carbonyl (C=O) groups is 1. The lowest BCUT2D eigenvalue weighted by Crippen LogP contribution is -2.17. The molecule has 0 unspecified atom stereocenters. The molecule has 7 heteroatoms. The van der Waals surface area contributed by atoms with Gasteiger partial charge < -0.3 is 10.3 Å². The van der Waals surface area contributed by atoms with E-state index in [0.29, 0.717) is 5.69 Å². The van der Waals surface area contributed by atoms with Crippen molar-refractivity contribution in [2.24, 2.45) is 5.92 Å². The number of nitrogens with one attached hydrogen (secondary N) is 2. The minimum absolute atomic E-state index is 0.372. The van der Waals surface area contributed by atoms with Crippen LogP contribution in [0, 0.1) is 5.92 Å². The van der Waals surface area contributed by atoms with Gasteiger partial charge in [0.1, 0.15) is 17.9 Å². The molecular weight excluding hydrogens is 302 g/mol. The van der Waals surface area contributed by atoms with E-state index in [4.69, 9.17) is 0 Å². The molecule has 2 heterocycles. The average molecular weight is 314 g/mol. The van der Waals surface area contributed by atoms with E-state index in [2.05, 4.69) is 20.3 Å². The normalized spacial score (nSPS) is 18.8. The van der Waals surface area contributed by atoms with Gasteiger partial charge in [-0.1, -0.05) is 12.1 Å². The number of carbonyl (C=O) groups excluding carboxylic acids is 1. The number of aromatic amines is 1. The zero-order valence-electron chi connectivity index (χ0n) is 11.9. The zero-order valence-corrected chi connectivity index (χ0v) is 11.9. The van der Waals surface area contributed by atoms with Crippen LogP contribution in [0.3, 0.4) is 0 Å². The van der Waals surface area contributed by atoms with Gasteiger partial charge in [-0.25, -0.2) is 18.7 Å². The molecule has 3 aromatic rings. The summed E-state index contributed by atoms with van der Waals surface area (Å²) in [7, 11) is 0. The fourth-order valence-electron chi connectivity index (χ4n) is 2.54. The molecule has 1 aromatic carbocycles. The summed E-state index contributed by atoms with van der Waals surface area (Å²) in [6, 6.07) is 8.81. The summed E-state index contributed by atoms with van der Waals surface area (Å²) in [4.78, 5) is 23.1. The number of anilines is 1. The van der Waals surface area contributed by atoms with E-state index in [9.17, 15) is 13.6 Å². The third kappa shape index (κ3) is 2.44. The predicted molar refractivity (Wildman–Crippen MR) is 81.0 cm³/mol. The first-order valence-corrected chi connectivity index (χ1v) is 7.12. The summed E-state index contributed by atoms with van der Waals surface area (Å²) < 4.78 is 25.7. The van der Waals surface area contributed by atoms with Crippen LogP contribution in [-0.4, -0.2) is 26.8 Å². The molecule has 4 rings (SSSR count). The number of hydrogen-bond acceptors (Lipinski definition) is 3. The average Bonchev–Trinajstić information content (AvgIpc) is 2.96. The maximum absolute atomic E-state index is 12.9. The van der Waals surface area contributed by atoms with Crippen LogP contribution in [0.15, 0.2) is 42.9 Å². The van der Waals surface area contributed by atoms with Crippen molar-refractivity contribution in [1.29, 1.82) is 0 Å². The minimum Gasteiger partial charge on any atom is -0.346 e. The molecule has 23 heavy (non-hydrogen) atoms. The molecule has 1 aliphatic carbocycles. The van der Waals surface area contributed by atoms with Gasteiger partial charge in [0.15, 0.2) is 0 Å². The van der Waals surface area contributed by atoms with Crippen LogP contribution in [0.4, 0.5) is 14.5 Å². The van der Waals surface area contributed by atoms with Crippen molar-refractivity contribution in [3.05, 3.63) is 42.9 Å². The largest absolute Gasteiger partial charge is 0.346 e. The van der Waals surface area contributed by atoms with E-state index < -0.39 is 17.7 Å². The van der Waals surface area contributed by atoms with E-state index in [-0.39, 0.29) is 6.42 Å². The Hall–Kier alpha value is -2.83. The topological polar surface area (TPSA) is 70.7 Å². The third-order valence-electron chi connectivity index (χ3n) is 3.92. The smallest absolute Gasteiger partial charge is 0.260 e. The van der Waals surface area contributed by atoms with Gasteiger partial charge in [0.2, 0.25) is 5.91 Å². The monoisotopic (exact) mass is 314 g/mol. The van der Waals surface area contributed by atoms with Gasteiger partial charge in [0.05, 0.1) is 5.69 Å². The lowest BCUT2D eigenvalue weighted by molar-refractivity contribution is -0.119. The number of nitrogens with zero attached hydrogens (tertiary/aromatic N) is 2. The number of benzene rings is 1. The van der Waals surface area contributed by atoms with Crippen molar-refractivity contribution in [2.45, 2.75) is 12.3 Å². The van der Waals surface area contributed by atoms with Gasteiger partial charge in [0, 0.05) is 29.3 Å². The summed E-state index contributed by atoms with van der Waals surface area (Å²) in [5.41, 5.74) is 2.85. The molecule has 1 aliphatic rings. The van der Waals surface area contributed by atoms with Crippen molar-refractivity contribution < 1.29 is 13.6 Å². The van der Waals surface area contributed by atoms with E-state index in [1.165, 1.54) is 6.33 Å². The number of rotatable bonds is 3. The van der Waals surface area contributed by atoms with Crippen LogP contribution in [0.2, 0.25) is 0 Å². The van der Waals surface area contributed by atoms with Crippen molar-refractivity contribution in [3.8, 4) is 11.3 Å². The van der Waals surface area contributed by atoms with E-state index in [1.807, 2.05) is 6.07 Å². The van der Waals surface area contributed by atoms with Gasteiger partial charge in [-0.3, -0.25) is 4.79 Å². The van der Waals surface area contributed by atoms with Gasteiger partial charge >= 0.3 is 0 Å². The highest BCUT2D eigenvalue weighted by Gasteiger charge is 2.61. The number of fused-ring (bicyclic) bond motifs is 1. The van der Waals surface area contributed by atoms with Crippen molar-refractivity contribution in [1.82, 2.24) is 15.0 Å². The lowest BCUT2D eigenvalue weighted by Gasteiger charge is -2.06. The molecule has 1 saturated carbocycles. The van der Waals surface area contributed by atoms with Crippen LogP contribution in [0.5, 0.6) is 0 Å². The van der Waals surface area contributed by atoms with Crippen LogP contribution in [-0.2, 0) is 4.79 Å². The maximum atomic E-state index is 12.9. The predicted octanol–water partition coefficient (Wildman–Crippen LogP) is 3.22. The lowest BCUT2D eigenvalue weighted by atomic mass is 10.1. The number of amides is 1. The zero-order chi connectivity index (χ0) is 16.0. The molecule has 2 aromatic heterocycles. The van der Waals surface area contributed by atoms with Crippen LogP contribution < -0.4 is 5.32 Å². The van der Waals surface area contributed by atoms with Gasteiger partial charge in [-0.2, -0.15) is 0 Å². The summed E-state index contributed by atoms with van der Waals surface area (Å²) in [6.45, 7) is 0. The molecule has 116 valence electrons. The highest BCUT2D eigenvalue weighted by Crippen LogP contribution is 2.49. The molecule has 1 fully saturated rings. The quantitative estimate of drug-likeness (QED) is 0.780. The van der Waals surface area contributed by atoms with Crippen molar-refractivity contribution >= 4 is 22.6 Å². The maximum Gasteiger partial charge on any atom is 0.260 e. The number of hydrogen-bond donors (Lipinski definition) is 2. The molecule has 0 spiro atoms. The highest BCUT2D eigenvalue weighted by atomic mass is 19.3. The SMILES string of the molecule is O=C(Nc1ccc(-c2ncnc3[nH]ccc23)cc1)[C@@H]1CC1(F)F. The Bertz CT molecular complexity index is 888. The molecule has 1 atom stereocenters. The molecule has 0 radical (unpaired) electrons. The Morgan fingerprint density at radius 2 is 1.96 bits per heavy atom. The first kappa shape index (κ1) is 13.8. The number of aromatic nitrogens is 3. The van der Waals surface area contributed by atoms with Crippen molar-refractivity contribution in [3.63, 3.8) is 0 Å². The van der Waals surface area contributed by atoms with Crippen LogP contribution >= 0.6 is 0 Å². The second kappa shape index (κ2) is 4.84. The first-order valence-electron chi connectivity index (χ1n) is 7.12. The van der Waals surface area contributed by atoms with Gasteiger partial charge in [-0.05, 0) is 18.2 Å². The summed E-state index contributed by atoms with van der Waals surface area (Å²) in [5, 5.41) is 3.40. The Labute approximate surface area is 129 Å². The molecular formula is C16H12F2N4O. The third-order valence-corrected chi connectivity index (χ3v) is 3.92. The molecule has 1 amide bonds. The molecule has 2 N–H and O–H groups in total. The molecule has 0 saturated heterocycles. The Kier molecular flexibility index (Phi) is 2.90. The standard InChI is InChI=1S/C16H12F2N4O/c17-16(18)7-12(16)15(23)22-10-3-1-9(2-4-10)13-11-5-6-19-14(11)21-8-20-13/h1-6,8,12H,7H2,(H,22,23)(H,19,20,21)/t12-/m0/s1. The summed E-state index contributed by atoms with van der Waals surface area (Å²) in [5.74, 6) is -4.70. The van der Waals surface area contributed by atoms with E-state index in [0.717, 1.165) is 22.3 Å². The number of alkyl halides is 2. The Morgan fingerprint density at radius 3 is 2.65 bits per heavy atom. The minimum atomic E-state index is -2.86. The fraction of sp³-hybridized carbons (Fsp3) is 0.188. The molecule has 0 bridgehead atoms. The number of halogens is 2. The van der Waals surface area contributed by atoms with E-state index in [1.54, 1.807) is 30.5 Å². The highest BCUT2D eigenvalue weighted by molar-refractivity contribution is 5.96. The Morgan fingerprint density at radius 1 is 1.22 bits per heavy atom. The molecule has 0 aliphatic heterocycles. The Balaban J connectivity index is 1.56. The van der Waals surface area contributed by atoms with Crippen molar-refractivity contribution in [2.75, 3.05) is 5.32 Å². The molecule has 5 nitrogen and oxygen atoms in total. The first-order chi connectivity index (χ1) is 11.0. The fourth-order valence-corrected chi connectivity index (χ4v) is 2.54. The number of H-pyrrole nitrogens is 1. The van der Waals surface area contributed by atoms with Crippen LogP contribution in [0.25, 0.3) is 22.3 Å². The second-order valence-electron chi connectivity index (χ2n) is 5.55. The second-order valence-corrected chi connectivity index (χ2v) is 5.55. The van der Waals surface area contributed by atoms with E-state index >= 15 is 0 Å². The van der Waals surface area contributed by atoms with Crippen LogP contribution in [0.1, 0.15) is 6.42 Å². The summed E-state index contributed by atoms with van der Waals surface area (Å²) in [6.07, 6.45) is 2.88. The van der Waals surface area contributed by atoms with Gasteiger partial charge in [0.25, 0.3) is 5.92 Å². The summed E-state index contributed by atoms with van der Waals surface area (Å²) >= 11 is 0. The van der Waals surface area contributed by atoms with Gasteiger partial charge in [-0.15, -0.1) is 0 Å².